The second-order valence-corrected chi connectivity index (χ2v) is 6.59. The number of aromatic nitrogens is 3. The van der Waals surface area contributed by atoms with Gasteiger partial charge >= 0.3 is 0 Å². The van der Waals surface area contributed by atoms with Crippen LogP contribution in [0.2, 0.25) is 0 Å². The largest absolute Gasteiger partial charge is 0.463 e. The number of benzene rings is 1. The number of hydrogen-bond donors (Lipinski definition) is 1. The van der Waals surface area contributed by atoms with E-state index in [1.54, 1.807) is 29.1 Å². The molecule has 1 amide bonds. The Morgan fingerprint density at radius 3 is 2.81 bits per heavy atom. The fourth-order valence-electron chi connectivity index (χ4n) is 3.08. The molecule has 0 atom stereocenters. The molecule has 1 N–H and O–H groups in total. The molecular weight excluding hydrogens is 344 g/mol. The molecule has 0 radical (unpaired) electrons. The van der Waals surface area contributed by atoms with Crippen LogP contribution in [-0.2, 0) is 17.9 Å². The SMILES string of the molecule is Cc1ccc(CNC(=O)CCCn2ncn3c(cc4occc43)c2=O)cc1. The Morgan fingerprint density at radius 2 is 2.00 bits per heavy atom. The Hall–Kier alpha value is -3.35. The predicted molar refractivity (Wildman–Crippen MR) is 101 cm³/mol. The smallest absolute Gasteiger partial charge is 0.291 e. The summed E-state index contributed by atoms with van der Waals surface area (Å²) in [5.74, 6) is -0.0371. The lowest BCUT2D eigenvalue weighted by atomic mass is 10.1. The van der Waals surface area contributed by atoms with E-state index < -0.39 is 0 Å². The number of amides is 1. The van der Waals surface area contributed by atoms with E-state index in [4.69, 9.17) is 4.42 Å². The van der Waals surface area contributed by atoms with Crippen molar-refractivity contribution in [1.82, 2.24) is 19.5 Å². The second kappa shape index (κ2) is 7.11. The highest BCUT2D eigenvalue weighted by Crippen LogP contribution is 2.18. The Balaban J connectivity index is 1.34. The topological polar surface area (TPSA) is 81.5 Å². The molecule has 0 aliphatic heterocycles. The van der Waals surface area contributed by atoms with E-state index >= 15 is 0 Å². The summed E-state index contributed by atoms with van der Waals surface area (Å²) in [6.07, 6.45) is 4.07. The molecule has 4 rings (SSSR count). The van der Waals surface area contributed by atoms with Crippen molar-refractivity contribution in [2.24, 2.45) is 0 Å². The molecule has 0 unspecified atom stereocenters. The van der Waals surface area contributed by atoms with Crippen molar-refractivity contribution in [2.45, 2.75) is 32.9 Å². The lowest BCUT2D eigenvalue weighted by Gasteiger charge is -2.07. The average molecular weight is 364 g/mol. The van der Waals surface area contributed by atoms with Gasteiger partial charge in [-0.25, -0.2) is 4.68 Å². The number of furan rings is 1. The minimum Gasteiger partial charge on any atom is -0.463 e. The number of carbonyl (C=O) groups excluding carboxylic acids is 1. The Bertz CT molecular complexity index is 1150. The van der Waals surface area contributed by atoms with Crippen molar-refractivity contribution in [3.05, 3.63) is 70.5 Å². The van der Waals surface area contributed by atoms with Crippen molar-refractivity contribution in [3.63, 3.8) is 0 Å². The molecule has 7 heteroatoms. The zero-order valence-corrected chi connectivity index (χ0v) is 15.0. The molecule has 27 heavy (non-hydrogen) atoms. The predicted octanol–water partition coefficient (Wildman–Crippen LogP) is 2.65. The summed E-state index contributed by atoms with van der Waals surface area (Å²) in [5.41, 5.74) is 4.05. The Kier molecular flexibility index (Phi) is 4.50. The summed E-state index contributed by atoms with van der Waals surface area (Å²) in [7, 11) is 0. The molecule has 0 fully saturated rings. The van der Waals surface area contributed by atoms with E-state index in [9.17, 15) is 9.59 Å². The highest BCUT2D eigenvalue weighted by atomic mass is 16.3. The van der Waals surface area contributed by atoms with Gasteiger partial charge in [0.05, 0.1) is 11.8 Å². The molecule has 0 aliphatic carbocycles. The first-order valence-corrected chi connectivity index (χ1v) is 8.88. The van der Waals surface area contributed by atoms with E-state index in [1.165, 1.54) is 10.2 Å². The van der Waals surface area contributed by atoms with E-state index in [-0.39, 0.29) is 11.5 Å². The van der Waals surface area contributed by atoms with Gasteiger partial charge in [-0.1, -0.05) is 29.8 Å². The van der Waals surface area contributed by atoms with Crippen molar-refractivity contribution >= 4 is 22.5 Å². The number of hydrogen-bond acceptors (Lipinski definition) is 4. The molecule has 138 valence electrons. The van der Waals surface area contributed by atoms with Crippen LogP contribution in [0, 0.1) is 6.92 Å². The number of aryl methyl sites for hydroxylation is 2. The van der Waals surface area contributed by atoms with Crippen molar-refractivity contribution in [2.75, 3.05) is 0 Å². The van der Waals surface area contributed by atoms with Gasteiger partial charge in [-0.15, -0.1) is 0 Å². The maximum atomic E-state index is 12.5. The Morgan fingerprint density at radius 1 is 1.19 bits per heavy atom. The van der Waals surface area contributed by atoms with Crippen LogP contribution < -0.4 is 10.9 Å². The van der Waals surface area contributed by atoms with Gasteiger partial charge in [0.25, 0.3) is 5.56 Å². The van der Waals surface area contributed by atoms with Crippen LogP contribution >= 0.6 is 0 Å². The van der Waals surface area contributed by atoms with E-state index in [0.717, 1.165) is 11.1 Å². The van der Waals surface area contributed by atoms with Crippen molar-refractivity contribution in [1.29, 1.82) is 0 Å². The average Bonchev–Trinajstić information content (AvgIpc) is 3.25. The normalized spacial score (nSPS) is 11.3. The maximum Gasteiger partial charge on any atom is 0.291 e. The molecule has 0 bridgehead atoms. The number of nitrogens with zero attached hydrogens (tertiary/aromatic N) is 3. The van der Waals surface area contributed by atoms with Gasteiger partial charge in [0, 0.05) is 31.6 Å². The van der Waals surface area contributed by atoms with Gasteiger partial charge in [0.1, 0.15) is 11.8 Å². The second-order valence-electron chi connectivity index (χ2n) is 6.59. The minimum absolute atomic E-state index is 0.0371. The van der Waals surface area contributed by atoms with E-state index in [0.29, 0.717) is 37.0 Å². The van der Waals surface area contributed by atoms with Gasteiger partial charge < -0.3 is 9.73 Å². The molecule has 7 nitrogen and oxygen atoms in total. The zero-order valence-electron chi connectivity index (χ0n) is 15.0. The Labute approximate surface area is 155 Å². The van der Waals surface area contributed by atoms with Gasteiger partial charge in [-0.05, 0) is 18.9 Å². The third-order valence-electron chi connectivity index (χ3n) is 4.60. The van der Waals surface area contributed by atoms with Crippen LogP contribution in [0.25, 0.3) is 16.6 Å². The molecule has 1 aromatic carbocycles. The fourth-order valence-corrected chi connectivity index (χ4v) is 3.08. The quantitative estimate of drug-likeness (QED) is 0.570. The van der Waals surface area contributed by atoms with E-state index in [1.807, 2.05) is 31.2 Å². The minimum atomic E-state index is -0.191. The highest BCUT2D eigenvalue weighted by molar-refractivity contribution is 5.81. The fraction of sp³-hybridized carbons (Fsp3) is 0.250. The zero-order chi connectivity index (χ0) is 18.8. The van der Waals surface area contributed by atoms with Crippen molar-refractivity contribution < 1.29 is 9.21 Å². The van der Waals surface area contributed by atoms with Gasteiger partial charge in [0.2, 0.25) is 5.91 Å². The number of rotatable bonds is 6. The molecule has 3 aromatic heterocycles. The molecule has 0 saturated carbocycles. The summed E-state index contributed by atoms with van der Waals surface area (Å²) < 4.78 is 8.44. The van der Waals surface area contributed by atoms with Crippen LogP contribution in [0.3, 0.4) is 0 Å². The first-order chi connectivity index (χ1) is 13.1. The molecule has 4 aromatic rings. The summed E-state index contributed by atoms with van der Waals surface area (Å²) in [5, 5.41) is 7.10. The summed E-state index contributed by atoms with van der Waals surface area (Å²) >= 11 is 0. The number of carbonyl (C=O) groups is 1. The van der Waals surface area contributed by atoms with Gasteiger partial charge in [-0.2, -0.15) is 5.10 Å². The van der Waals surface area contributed by atoms with Crippen LogP contribution in [0.15, 0.2) is 58.2 Å². The molecular formula is C20H20N4O3. The summed E-state index contributed by atoms with van der Waals surface area (Å²) in [6.45, 7) is 2.92. The third kappa shape index (κ3) is 3.48. The van der Waals surface area contributed by atoms with E-state index in [2.05, 4.69) is 10.4 Å². The monoisotopic (exact) mass is 364 g/mol. The highest BCUT2D eigenvalue weighted by Gasteiger charge is 2.11. The first-order valence-electron chi connectivity index (χ1n) is 8.88. The molecule has 3 heterocycles. The maximum absolute atomic E-state index is 12.5. The number of nitrogens with one attached hydrogen (secondary N) is 1. The summed E-state index contributed by atoms with van der Waals surface area (Å²) in [4.78, 5) is 24.6. The molecule has 0 saturated heterocycles. The van der Waals surface area contributed by atoms with Crippen LogP contribution in [-0.4, -0.2) is 20.1 Å². The first kappa shape index (κ1) is 17.1. The molecule has 0 spiro atoms. The molecule has 0 aliphatic rings. The van der Waals surface area contributed by atoms with Crippen LogP contribution in [0.4, 0.5) is 0 Å². The van der Waals surface area contributed by atoms with Gasteiger partial charge in [0.15, 0.2) is 5.58 Å². The third-order valence-corrected chi connectivity index (χ3v) is 4.60. The van der Waals surface area contributed by atoms with Gasteiger partial charge in [-0.3, -0.25) is 14.0 Å². The van der Waals surface area contributed by atoms with Crippen LogP contribution in [0.5, 0.6) is 0 Å². The lowest BCUT2D eigenvalue weighted by molar-refractivity contribution is -0.121. The lowest BCUT2D eigenvalue weighted by Crippen LogP contribution is -2.26. The van der Waals surface area contributed by atoms with Crippen LogP contribution in [0.1, 0.15) is 24.0 Å². The number of fused-ring (bicyclic) bond motifs is 3. The van der Waals surface area contributed by atoms with Crippen molar-refractivity contribution in [3.8, 4) is 0 Å². The summed E-state index contributed by atoms with van der Waals surface area (Å²) in [6, 6.07) is 11.6. The standard InChI is InChI=1S/C20H20N4O3/c1-14-4-6-15(7-5-14)12-21-19(25)3-2-9-24-20(26)17-11-18-16(8-10-27-18)23(17)13-22-24/h4-8,10-11,13H,2-3,9,12H2,1H3,(H,21,25).